The molecule has 0 saturated heterocycles. The van der Waals surface area contributed by atoms with Crippen LogP contribution in [0.25, 0.3) is 21.7 Å². The second kappa shape index (κ2) is 8.00. The molecule has 4 N–H and O–H groups in total. The molecule has 1 amide bonds. The van der Waals surface area contributed by atoms with Gasteiger partial charge in [-0.15, -0.1) is 0 Å². The van der Waals surface area contributed by atoms with Crippen molar-refractivity contribution in [3.05, 3.63) is 96.3 Å². The monoisotopic (exact) mass is 419 g/mol. The minimum absolute atomic E-state index is 0.195. The minimum atomic E-state index is -0.195. The Balaban J connectivity index is 1.52. The van der Waals surface area contributed by atoms with E-state index in [0.717, 1.165) is 38.6 Å². The molecule has 0 unspecified atom stereocenters. The second-order valence-corrected chi connectivity index (χ2v) is 7.61. The first kappa shape index (κ1) is 19.5. The van der Waals surface area contributed by atoms with E-state index in [1.165, 1.54) is 0 Å². The van der Waals surface area contributed by atoms with Gasteiger partial charge in [0.15, 0.2) is 0 Å². The third-order valence-corrected chi connectivity index (χ3v) is 5.42. The zero-order valence-corrected chi connectivity index (χ0v) is 17.5. The van der Waals surface area contributed by atoms with Crippen LogP contribution in [0.5, 0.6) is 0 Å². The molecular weight excluding hydrogens is 398 g/mol. The maximum absolute atomic E-state index is 12.7. The van der Waals surface area contributed by atoms with Gasteiger partial charge in [-0.2, -0.15) is 0 Å². The van der Waals surface area contributed by atoms with Gasteiger partial charge >= 0.3 is 0 Å². The van der Waals surface area contributed by atoms with Crippen molar-refractivity contribution in [1.29, 1.82) is 0 Å². The van der Waals surface area contributed by atoms with Crippen LogP contribution in [0.1, 0.15) is 15.9 Å². The lowest BCUT2D eigenvalue weighted by atomic mass is 10.1. The lowest BCUT2D eigenvalue weighted by Crippen LogP contribution is -2.13. The Morgan fingerprint density at radius 3 is 2.34 bits per heavy atom. The highest BCUT2D eigenvalue weighted by Gasteiger charge is 2.12. The number of benzene rings is 3. The van der Waals surface area contributed by atoms with Crippen molar-refractivity contribution in [1.82, 2.24) is 9.97 Å². The number of nitrogens with two attached hydrogens (primary N) is 1. The molecule has 2 aromatic heterocycles. The summed E-state index contributed by atoms with van der Waals surface area (Å²) in [6, 6.07) is 22.9. The zero-order chi connectivity index (χ0) is 22.1. The van der Waals surface area contributed by atoms with Crippen molar-refractivity contribution in [2.75, 3.05) is 16.4 Å². The lowest BCUT2D eigenvalue weighted by Gasteiger charge is -2.14. The van der Waals surface area contributed by atoms with Crippen LogP contribution >= 0.6 is 0 Å². The third kappa shape index (κ3) is 3.58. The van der Waals surface area contributed by atoms with Crippen molar-refractivity contribution in [3.63, 3.8) is 0 Å². The molecule has 0 atom stereocenters. The molecule has 5 rings (SSSR count). The van der Waals surface area contributed by atoms with Crippen LogP contribution in [0, 0.1) is 6.92 Å². The number of aromatic nitrogens is 2. The Kier molecular flexibility index (Phi) is 4.88. The summed E-state index contributed by atoms with van der Waals surface area (Å²) in [6.45, 7) is 1.99. The van der Waals surface area contributed by atoms with Crippen molar-refractivity contribution in [2.45, 2.75) is 6.92 Å². The Morgan fingerprint density at radius 1 is 0.781 bits per heavy atom. The number of nitrogen functional groups attached to an aromatic ring is 1. The number of amides is 1. The predicted molar refractivity (Wildman–Crippen MR) is 130 cm³/mol. The van der Waals surface area contributed by atoms with Gasteiger partial charge in [-0.25, -0.2) is 4.98 Å². The van der Waals surface area contributed by atoms with Crippen LogP contribution in [0.3, 0.4) is 0 Å². The quantitative estimate of drug-likeness (QED) is 0.326. The molecule has 156 valence electrons. The number of fused-ring (bicyclic) bond motifs is 2. The minimum Gasteiger partial charge on any atom is -0.397 e. The van der Waals surface area contributed by atoms with Gasteiger partial charge in [-0.1, -0.05) is 42.0 Å². The summed E-state index contributed by atoms with van der Waals surface area (Å²) in [5.41, 5.74) is 11.0. The average Bonchev–Trinajstić information content (AvgIpc) is 2.81. The summed E-state index contributed by atoms with van der Waals surface area (Å²) in [6.07, 6.45) is 3.43. The van der Waals surface area contributed by atoms with Crippen molar-refractivity contribution >= 4 is 50.5 Å². The van der Waals surface area contributed by atoms with Crippen molar-refractivity contribution in [3.8, 4) is 0 Å². The van der Waals surface area contributed by atoms with Crippen LogP contribution in [0.15, 0.2) is 85.2 Å². The van der Waals surface area contributed by atoms with Gasteiger partial charge in [0.25, 0.3) is 5.91 Å². The smallest absolute Gasteiger partial charge is 0.256 e. The topological polar surface area (TPSA) is 92.9 Å². The summed E-state index contributed by atoms with van der Waals surface area (Å²) in [5.74, 6) is 0.319. The average molecular weight is 419 g/mol. The standard InChI is InChI=1S/C26H21N5O/c1-16-8-10-17(11-9-16)26(32)31-25-19-4-3-7-22(18(19)12-14-29-25)30-23-13-15-28-24-20(23)5-2-6-21(24)27/h2-15H,27H2,1H3,(H,28,30)(H,29,31,32). The Hall–Kier alpha value is -4.45. The number of nitrogens with one attached hydrogen (secondary N) is 2. The largest absolute Gasteiger partial charge is 0.397 e. The number of anilines is 4. The zero-order valence-electron chi connectivity index (χ0n) is 17.5. The molecule has 32 heavy (non-hydrogen) atoms. The number of hydrogen-bond acceptors (Lipinski definition) is 5. The van der Waals surface area contributed by atoms with Gasteiger partial charge in [-0.3, -0.25) is 9.78 Å². The number of rotatable bonds is 4. The number of carbonyl (C=O) groups is 1. The molecule has 0 bridgehead atoms. The molecular formula is C26H21N5O. The van der Waals surface area contributed by atoms with Gasteiger partial charge < -0.3 is 16.4 Å². The van der Waals surface area contributed by atoms with E-state index in [1.807, 2.05) is 79.7 Å². The summed E-state index contributed by atoms with van der Waals surface area (Å²) < 4.78 is 0. The number of aryl methyl sites for hydroxylation is 1. The highest BCUT2D eigenvalue weighted by Crippen LogP contribution is 2.33. The number of hydrogen-bond donors (Lipinski definition) is 3. The van der Waals surface area contributed by atoms with Crippen LogP contribution in [0.2, 0.25) is 0 Å². The van der Waals surface area contributed by atoms with E-state index < -0.39 is 0 Å². The molecule has 0 aliphatic heterocycles. The Labute approximate surface area is 185 Å². The van der Waals surface area contributed by atoms with E-state index in [2.05, 4.69) is 20.6 Å². The predicted octanol–water partition coefficient (Wildman–Crippen LogP) is 5.67. The number of pyridine rings is 2. The van der Waals surface area contributed by atoms with Crippen molar-refractivity contribution in [2.24, 2.45) is 0 Å². The molecule has 0 saturated carbocycles. The fourth-order valence-corrected chi connectivity index (χ4v) is 3.75. The van der Waals surface area contributed by atoms with Crippen LogP contribution in [-0.2, 0) is 0 Å². The van der Waals surface area contributed by atoms with Gasteiger partial charge in [0.2, 0.25) is 0 Å². The molecule has 0 radical (unpaired) electrons. The summed E-state index contributed by atoms with van der Waals surface area (Å²) in [4.78, 5) is 21.6. The normalized spacial score (nSPS) is 10.9. The molecule has 0 spiro atoms. The number of carbonyl (C=O) groups excluding carboxylic acids is 1. The van der Waals surface area contributed by atoms with Gasteiger partial charge in [0.05, 0.1) is 11.2 Å². The van der Waals surface area contributed by atoms with E-state index >= 15 is 0 Å². The highest BCUT2D eigenvalue weighted by atomic mass is 16.1. The fraction of sp³-hybridized carbons (Fsp3) is 0.0385. The molecule has 0 aliphatic rings. The van der Waals surface area contributed by atoms with Gasteiger partial charge in [-0.05, 0) is 43.3 Å². The maximum Gasteiger partial charge on any atom is 0.256 e. The molecule has 0 fully saturated rings. The maximum atomic E-state index is 12.7. The molecule has 0 aliphatic carbocycles. The fourth-order valence-electron chi connectivity index (χ4n) is 3.75. The van der Waals surface area contributed by atoms with E-state index in [0.29, 0.717) is 17.1 Å². The van der Waals surface area contributed by atoms with E-state index in [9.17, 15) is 4.79 Å². The van der Waals surface area contributed by atoms with Crippen LogP contribution < -0.4 is 16.4 Å². The lowest BCUT2D eigenvalue weighted by molar-refractivity contribution is 0.102. The van der Waals surface area contributed by atoms with Crippen molar-refractivity contribution < 1.29 is 4.79 Å². The van der Waals surface area contributed by atoms with Crippen LogP contribution in [0.4, 0.5) is 22.9 Å². The van der Waals surface area contributed by atoms with Gasteiger partial charge in [0, 0.05) is 45.5 Å². The summed E-state index contributed by atoms with van der Waals surface area (Å²) >= 11 is 0. The first-order chi connectivity index (χ1) is 15.6. The molecule has 6 nitrogen and oxygen atoms in total. The number of para-hydroxylation sites is 1. The molecule has 6 heteroatoms. The molecule has 3 aromatic carbocycles. The Morgan fingerprint density at radius 2 is 1.50 bits per heavy atom. The molecule has 2 heterocycles. The van der Waals surface area contributed by atoms with Crippen LogP contribution in [-0.4, -0.2) is 15.9 Å². The summed E-state index contributed by atoms with van der Waals surface area (Å²) in [7, 11) is 0. The van der Waals surface area contributed by atoms with Gasteiger partial charge in [0.1, 0.15) is 5.82 Å². The second-order valence-electron chi connectivity index (χ2n) is 7.61. The first-order valence-electron chi connectivity index (χ1n) is 10.3. The SMILES string of the molecule is Cc1ccc(C(=O)Nc2nccc3c(Nc4ccnc5c(N)cccc45)cccc23)cc1. The Bertz CT molecular complexity index is 1460. The number of nitrogens with zero attached hydrogens (tertiary/aromatic N) is 2. The highest BCUT2D eigenvalue weighted by molar-refractivity contribution is 6.10. The van der Waals surface area contributed by atoms with E-state index in [1.54, 1.807) is 12.4 Å². The van der Waals surface area contributed by atoms with E-state index in [4.69, 9.17) is 5.73 Å². The summed E-state index contributed by atoms with van der Waals surface area (Å²) in [5, 5.41) is 9.16. The first-order valence-corrected chi connectivity index (χ1v) is 10.3. The third-order valence-electron chi connectivity index (χ3n) is 5.42. The van der Waals surface area contributed by atoms with E-state index in [-0.39, 0.29) is 5.91 Å². The molecule has 5 aromatic rings.